The molecule has 1 aromatic carbocycles. The first kappa shape index (κ1) is 13.2. The van der Waals surface area contributed by atoms with Gasteiger partial charge in [0.1, 0.15) is 0 Å². The number of hydrogen-bond donors (Lipinski definition) is 1. The summed E-state index contributed by atoms with van der Waals surface area (Å²) < 4.78 is 0. The van der Waals surface area contributed by atoms with Crippen LogP contribution in [0.15, 0.2) is 29.1 Å². The van der Waals surface area contributed by atoms with Crippen LogP contribution in [-0.4, -0.2) is 11.5 Å². The lowest BCUT2D eigenvalue weighted by atomic mass is 9.95. The number of thiazole rings is 1. The maximum atomic E-state index is 4.45. The van der Waals surface area contributed by atoms with E-state index in [1.807, 2.05) is 5.51 Å². The van der Waals surface area contributed by atoms with Gasteiger partial charge in [0.2, 0.25) is 0 Å². The topological polar surface area (TPSA) is 24.9 Å². The number of aromatic nitrogens is 1. The largest absolute Gasteiger partial charge is 0.309 e. The lowest BCUT2D eigenvalue weighted by molar-refractivity contribution is 0.537. The van der Waals surface area contributed by atoms with Crippen LogP contribution in [0.25, 0.3) is 0 Å². The molecule has 0 saturated carbocycles. The number of benzene rings is 1. The minimum atomic E-state index is 0.320. The molecular formula is C15H20N2S. The Balaban J connectivity index is 2.24. The molecule has 1 N–H and O–H groups in total. The summed E-state index contributed by atoms with van der Waals surface area (Å²) in [4.78, 5) is 4.45. The van der Waals surface area contributed by atoms with Crippen LogP contribution in [0.2, 0.25) is 0 Å². The molecule has 0 aliphatic rings. The van der Waals surface area contributed by atoms with E-state index in [0.717, 1.165) is 18.7 Å². The Bertz CT molecular complexity index is 471. The zero-order chi connectivity index (χ0) is 13.0. The standard InChI is InChI=1S/C15H20N2S/c1-4-16-14(15-9-18-10-17-15)8-13-11(2)6-5-7-12(13)3/h5-7,9-10,14,16H,4,8H2,1-3H3. The molecule has 0 saturated heterocycles. The zero-order valence-corrected chi connectivity index (χ0v) is 12.1. The highest BCUT2D eigenvalue weighted by molar-refractivity contribution is 7.07. The lowest BCUT2D eigenvalue weighted by Gasteiger charge is -2.18. The van der Waals surface area contributed by atoms with Gasteiger partial charge in [0.15, 0.2) is 0 Å². The predicted octanol–water partition coefficient (Wildman–Crippen LogP) is 3.65. The van der Waals surface area contributed by atoms with Crippen molar-refractivity contribution in [1.82, 2.24) is 10.3 Å². The van der Waals surface area contributed by atoms with Gasteiger partial charge in [0.05, 0.1) is 17.2 Å². The average molecular weight is 260 g/mol. The molecule has 3 heteroatoms. The molecular weight excluding hydrogens is 240 g/mol. The molecule has 0 bridgehead atoms. The predicted molar refractivity (Wildman–Crippen MR) is 78.2 cm³/mol. The third kappa shape index (κ3) is 2.98. The lowest BCUT2D eigenvalue weighted by Crippen LogP contribution is -2.23. The average Bonchev–Trinajstić information content (AvgIpc) is 2.86. The third-order valence-corrected chi connectivity index (χ3v) is 3.92. The monoisotopic (exact) mass is 260 g/mol. The van der Waals surface area contributed by atoms with Crippen molar-refractivity contribution in [1.29, 1.82) is 0 Å². The highest BCUT2D eigenvalue weighted by Gasteiger charge is 2.15. The van der Waals surface area contributed by atoms with E-state index in [2.05, 4.69) is 54.7 Å². The van der Waals surface area contributed by atoms with Gasteiger partial charge in [-0.1, -0.05) is 25.1 Å². The number of hydrogen-bond acceptors (Lipinski definition) is 3. The van der Waals surface area contributed by atoms with Crippen molar-refractivity contribution in [3.8, 4) is 0 Å². The van der Waals surface area contributed by atoms with Gasteiger partial charge < -0.3 is 5.32 Å². The van der Waals surface area contributed by atoms with Crippen molar-refractivity contribution in [2.75, 3.05) is 6.54 Å². The molecule has 1 atom stereocenters. The second-order valence-electron chi connectivity index (χ2n) is 4.60. The van der Waals surface area contributed by atoms with Gasteiger partial charge in [0.25, 0.3) is 0 Å². The van der Waals surface area contributed by atoms with Crippen molar-refractivity contribution in [3.63, 3.8) is 0 Å². The van der Waals surface area contributed by atoms with Crippen LogP contribution in [0.5, 0.6) is 0 Å². The molecule has 0 amide bonds. The van der Waals surface area contributed by atoms with Crippen LogP contribution >= 0.6 is 11.3 Å². The van der Waals surface area contributed by atoms with Crippen LogP contribution < -0.4 is 5.32 Å². The molecule has 0 aliphatic heterocycles. The summed E-state index contributed by atoms with van der Waals surface area (Å²) in [5.41, 5.74) is 7.24. The molecule has 1 unspecified atom stereocenters. The van der Waals surface area contributed by atoms with Gasteiger partial charge in [-0.15, -0.1) is 11.3 Å². The molecule has 18 heavy (non-hydrogen) atoms. The number of likely N-dealkylation sites (N-methyl/N-ethyl adjacent to an activating group) is 1. The van der Waals surface area contributed by atoms with Crippen LogP contribution in [-0.2, 0) is 6.42 Å². The molecule has 0 radical (unpaired) electrons. The Kier molecular flexibility index (Phi) is 4.50. The van der Waals surface area contributed by atoms with E-state index in [9.17, 15) is 0 Å². The molecule has 0 aliphatic carbocycles. The van der Waals surface area contributed by atoms with Crippen molar-refractivity contribution in [2.45, 2.75) is 33.2 Å². The van der Waals surface area contributed by atoms with Gasteiger partial charge in [-0.05, 0) is 43.5 Å². The fraction of sp³-hybridized carbons (Fsp3) is 0.400. The smallest absolute Gasteiger partial charge is 0.0795 e. The molecule has 0 spiro atoms. The van der Waals surface area contributed by atoms with E-state index < -0.39 is 0 Å². The van der Waals surface area contributed by atoms with Crippen LogP contribution in [0.1, 0.15) is 35.3 Å². The Labute approximate surface area is 113 Å². The van der Waals surface area contributed by atoms with E-state index >= 15 is 0 Å². The van der Waals surface area contributed by atoms with Crippen molar-refractivity contribution < 1.29 is 0 Å². The van der Waals surface area contributed by atoms with E-state index in [-0.39, 0.29) is 0 Å². The molecule has 2 rings (SSSR count). The Morgan fingerprint density at radius 1 is 1.28 bits per heavy atom. The van der Waals surface area contributed by atoms with Gasteiger partial charge in [-0.2, -0.15) is 0 Å². The molecule has 2 nitrogen and oxygen atoms in total. The Morgan fingerprint density at radius 2 is 2.00 bits per heavy atom. The number of rotatable bonds is 5. The Hall–Kier alpha value is -1.19. The highest BCUT2D eigenvalue weighted by atomic mass is 32.1. The second kappa shape index (κ2) is 6.12. The SMILES string of the molecule is CCNC(Cc1c(C)cccc1C)c1cscn1. The maximum Gasteiger partial charge on any atom is 0.0795 e. The van der Waals surface area contributed by atoms with E-state index in [1.54, 1.807) is 11.3 Å². The maximum absolute atomic E-state index is 4.45. The van der Waals surface area contributed by atoms with Crippen molar-refractivity contribution in [2.24, 2.45) is 0 Å². The number of nitrogens with one attached hydrogen (secondary N) is 1. The van der Waals surface area contributed by atoms with E-state index in [0.29, 0.717) is 6.04 Å². The molecule has 2 aromatic rings. The first-order valence-corrected chi connectivity index (χ1v) is 7.33. The second-order valence-corrected chi connectivity index (χ2v) is 5.32. The van der Waals surface area contributed by atoms with Gasteiger partial charge in [0, 0.05) is 5.38 Å². The van der Waals surface area contributed by atoms with E-state index in [1.165, 1.54) is 16.7 Å². The van der Waals surface area contributed by atoms with Gasteiger partial charge in [-0.3, -0.25) is 0 Å². The van der Waals surface area contributed by atoms with Gasteiger partial charge >= 0.3 is 0 Å². The quantitative estimate of drug-likeness (QED) is 0.887. The van der Waals surface area contributed by atoms with Crippen LogP contribution in [0.4, 0.5) is 0 Å². The summed E-state index contributed by atoms with van der Waals surface area (Å²) in [6.07, 6.45) is 1.01. The fourth-order valence-corrected chi connectivity index (χ4v) is 2.90. The minimum absolute atomic E-state index is 0.320. The fourth-order valence-electron chi connectivity index (χ4n) is 2.30. The molecule has 96 valence electrons. The molecule has 1 aromatic heterocycles. The number of aryl methyl sites for hydroxylation is 2. The van der Waals surface area contributed by atoms with Crippen LogP contribution in [0.3, 0.4) is 0 Å². The zero-order valence-electron chi connectivity index (χ0n) is 11.2. The summed E-state index contributed by atoms with van der Waals surface area (Å²) in [7, 11) is 0. The van der Waals surface area contributed by atoms with Crippen molar-refractivity contribution in [3.05, 3.63) is 51.5 Å². The first-order chi connectivity index (χ1) is 8.72. The highest BCUT2D eigenvalue weighted by Crippen LogP contribution is 2.22. The van der Waals surface area contributed by atoms with Gasteiger partial charge in [-0.25, -0.2) is 4.98 Å². The minimum Gasteiger partial charge on any atom is -0.309 e. The Morgan fingerprint density at radius 3 is 2.56 bits per heavy atom. The molecule has 1 heterocycles. The summed E-state index contributed by atoms with van der Waals surface area (Å²) in [5, 5.41) is 5.67. The van der Waals surface area contributed by atoms with E-state index in [4.69, 9.17) is 0 Å². The first-order valence-electron chi connectivity index (χ1n) is 6.39. The van der Waals surface area contributed by atoms with Crippen molar-refractivity contribution >= 4 is 11.3 Å². The summed E-state index contributed by atoms with van der Waals surface area (Å²) in [6, 6.07) is 6.82. The summed E-state index contributed by atoms with van der Waals surface area (Å²) >= 11 is 1.66. The number of nitrogens with zero attached hydrogens (tertiary/aromatic N) is 1. The summed E-state index contributed by atoms with van der Waals surface area (Å²) in [6.45, 7) is 7.48. The van der Waals surface area contributed by atoms with Crippen LogP contribution in [0, 0.1) is 13.8 Å². The third-order valence-electron chi connectivity index (χ3n) is 3.31. The summed E-state index contributed by atoms with van der Waals surface area (Å²) in [5.74, 6) is 0. The molecule has 0 fully saturated rings. The normalized spacial score (nSPS) is 12.6.